The Morgan fingerprint density at radius 2 is 2.04 bits per heavy atom. The molecule has 9 heteroatoms. The first-order valence-electron chi connectivity index (χ1n) is 7.51. The van der Waals surface area contributed by atoms with Gasteiger partial charge in [0.1, 0.15) is 5.75 Å². The normalized spacial score (nSPS) is 17.2. The Bertz CT molecular complexity index is 702. The Morgan fingerprint density at radius 1 is 1.42 bits per heavy atom. The van der Waals surface area contributed by atoms with E-state index in [1.165, 1.54) is 29.6 Å². The lowest BCUT2D eigenvalue weighted by atomic mass is 10.1. The molecule has 1 N–H and O–H groups in total. The zero-order valence-electron chi connectivity index (χ0n) is 13.6. The van der Waals surface area contributed by atoms with Crippen molar-refractivity contribution in [2.24, 2.45) is 0 Å². The summed E-state index contributed by atoms with van der Waals surface area (Å²) < 4.78 is 31.9. The van der Waals surface area contributed by atoms with Crippen LogP contribution in [0.1, 0.15) is 12.8 Å². The molecule has 0 bridgehead atoms. The third kappa shape index (κ3) is 4.18. The van der Waals surface area contributed by atoms with Crippen molar-refractivity contribution in [3.8, 4) is 5.75 Å². The molecular formula is C15H21ClN2O5S. The third-order valence-electron chi connectivity index (χ3n) is 4.19. The molecule has 0 amide bonds. The van der Waals surface area contributed by atoms with E-state index in [4.69, 9.17) is 21.4 Å². The molecule has 0 atom stereocenters. The van der Waals surface area contributed by atoms with Gasteiger partial charge < -0.3 is 9.84 Å². The second-order valence-corrected chi connectivity index (χ2v) is 8.09. The van der Waals surface area contributed by atoms with E-state index in [1.54, 1.807) is 11.9 Å². The van der Waals surface area contributed by atoms with Gasteiger partial charge in [-0.3, -0.25) is 9.69 Å². The van der Waals surface area contributed by atoms with Crippen molar-refractivity contribution in [1.82, 2.24) is 9.21 Å². The fraction of sp³-hybridized carbons (Fsp3) is 0.533. The average molecular weight is 377 g/mol. The second kappa shape index (κ2) is 7.69. The van der Waals surface area contributed by atoms with Crippen LogP contribution in [0.4, 0.5) is 0 Å². The summed E-state index contributed by atoms with van der Waals surface area (Å²) >= 11 is 6.02. The summed E-state index contributed by atoms with van der Waals surface area (Å²) in [7, 11) is -0.415. The van der Waals surface area contributed by atoms with E-state index in [-0.39, 0.29) is 22.5 Å². The number of likely N-dealkylation sites (N-methyl/N-ethyl adjacent to an activating group) is 1. The Balaban J connectivity index is 2.07. The van der Waals surface area contributed by atoms with Gasteiger partial charge in [0.2, 0.25) is 10.0 Å². The number of carbonyl (C=O) groups is 1. The predicted octanol–water partition coefficient (Wildman–Crippen LogP) is 1.52. The van der Waals surface area contributed by atoms with Crippen LogP contribution in [0.2, 0.25) is 5.02 Å². The Morgan fingerprint density at radius 3 is 2.54 bits per heavy atom. The minimum Gasteiger partial charge on any atom is -0.495 e. The van der Waals surface area contributed by atoms with E-state index in [0.717, 1.165) is 0 Å². The van der Waals surface area contributed by atoms with Gasteiger partial charge in [-0.05, 0) is 38.1 Å². The van der Waals surface area contributed by atoms with E-state index in [9.17, 15) is 13.2 Å². The number of aliphatic carboxylic acids is 1. The van der Waals surface area contributed by atoms with Crippen LogP contribution in [0, 0.1) is 0 Å². The zero-order valence-corrected chi connectivity index (χ0v) is 15.2. The molecule has 0 aliphatic carbocycles. The van der Waals surface area contributed by atoms with Gasteiger partial charge in [-0.25, -0.2) is 8.42 Å². The molecule has 0 aromatic heterocycles. The molecule has 1 aromatic carbocycles. The van der Waals surface area contributed by atoms with Gasteiger partial charge in [0.05, 0.1) is 23.6 Å². The first-order chi connectivity index (χ1) is 11.3. The van der Waals surface area contributed by atoms with Crippen LogP contribution >= 0.6 is 11.6 Å². The molecule has 0 saturated carbocycles. The highest BCUT2D eigenvalue weighted by molar-refractivity contribution is 7.89. The molecule has 1 aliphatic rings. The van der Waals surface area contributed by atoms with E-state index in [2.05, 4.69) is 0 Å². The van der Waals surface area contributed by atoms with Crippen molar-refractivity contribution in [1.29, 1.82) is 0 Å². The van der Waals surface area contributed by atoms with Gasteiger partial charge in [0, 0.05) is 19.1 Å². The number of nitrogens with zero attached hydrogens (tertiary/aromatic N) is 2. The minimum atomic E-state index is -3.62. The van der Waals surface area contributed by atoms with Crippen LogP contribution in [-0.2, 0) is 14.8 Å². The van der Waals surface area contributed by atoms with Crippen LogP contribution in [0.15, 0.2) is 23.1 Å². The van der Waals surface area contributed by atoms with Gasteiger partial charge in [0.25, 0.3) is 0 Å². The topological polar surface area (TPSA) is 87.2 Å². The molecule has 0 spiro atoms. The first kappa shape index (κ1) is 19.0. The largest absolute Gasteiger partial charge is 0.495 e. The highest BCUT2D eigenvalue weighted by Crippen LogP contribution is 2.29. The zero-order chi connectivity index (χ0) is 17.9. The summed E-state index contributed by atoms with van der Waals surface area (Å²) in [6, 6.07) is 4.45. The summed E-state index contributed by atoms with van der Waals surface area (Å²) in [5, 5.41) is 9.09. The molecular weight excluding hydrogens is 356 g/mol. The summed E-state index contributed by atoms with van der Waals surface area (Å²) in [6.07, 6.45) is 1.18. The molecule has 24 heavy (non-hydrogen) atoms. The highest BCUT2D eigenvalue weighted by Gasteiger charge is 2.31. The Labute approximate surface area is 146 Å². The summed E-state index contributed by atoms with van der Waals surface area (Å²) in [5.41, 5.74) is 0. The molecule has 7 nitrogen and oxygen atoms in total. The number of ether oxygens (including phenoxy) is 1. The molecule has 1 saturated heterocycles. The Hall–Kier alpha value is -1.35. The fourth-order valence-electron chi connectivity index (χ4n) is 2.82. The fourth-order valence-corrected chi connectivity index (χ4v) is 4.64. The van der Waals surface area contributed by atoms with Gasteiger partial charge in [0.15, 0.2) is 0 Å². The number of methoxy groups -OCH3 is 1. The van der Waals surface area contributed by atoms with E-state index >= 15 is 0 Å². The van der Waals surface area contributed by atoms with Crippen LogP contribution in [0.3, 0.4) is 0 Å². The number of rotatable bonds is 6. The maximum atomic E-state index is 12.7. The molecule has 0 radical (unpaired) electrons. The van der Waals surface area contributed by atoms with Crippen LogP contribution < -0.4 is 4.74 Å². The van der Waals surface area contributed by atoms with Gasteiger partial charge in [-0.1, -0.05) is 11.6 Å². The third-order valence-corrected chi connectivity index (χ3v) is 6.38. The SMILES string of the molecule is COc1ccc(S(=O)(=O)N2CCC(N(C)CC(=O)O)CC2)cc1Cl. The predicted molar refractivity (Wildman–Crippen MR) is 90.1 cm³/mol. The number of piperidine rings is 1. The van der Waals surface area contributed by atoms with Crippen LogP contribution in [0.25, 0.3) is 0 Å². The molecule has 1 aliphatic heterocycles. The maximum absolute atomic E-state index is 12.7. The summed E-state index contributed by atoms with van der Waals surface area (Å²) in [4.78, 5) is 12.7. The number of hydrogen-bond donors (Lipinski definition) is 1. The lowest BCUT2D eigenvalue weighted by Gasteiger charge is -2.35. The lowest BCUT2D eigenvalue weighted by molar-refractivity contribution is -0.138. The van der Waals surface area contributed by atoms with E-state index < -0.39 is 16.0 Å². The van der Waals surface area contributed by atoms with Crippen molar-refractivity contribution >= 4 is 27.6 Å². The minimum absolute atomic E-state index is 0.0501. The lowest BCUT2D eigenvalue weighted by Crippen LogP contribution is -2.46. The molecule has 134 valence electrons. The molecule has 2 rings (SSSR count). The number of hydrogen-bond acceptors (Lipinski definition) is 5. The van der Waals surface area contributed by atoms with Crippen LogP contribution in [-0.4, -0.2) is 68.5 Å². The van der Waals surface area contributed by atoms with Crippen molar-refractivity contribution < 1.29 is 23.1 Å². The van der Waals surface area contributed by atoms with E-state index in [0.29, 0.717) is 31.7 Å². The number of carboxylic acids is 1. The second-order valence-electron chi connectivity index (χ2n) is 5.74. The van der Waals surface area contributed by atoms with Gasteiger partial charge >= 0.3 is 5.97 Å². The van der Waals surface area contributed by atoms with Crippen molar-refractivity contribution in [3.63, 3.8) is 0 Å². The number of sulfonamides is 1. The smallest absolute Gasteiger partial charge is 0.317 e. The number of halogens is 1. The molecule has 1 heterocycles. The van der Waals surface area contributed by atoms with Gasteiger partial charge in [-0.2, -0.15) is 4.31 Å². The summed E-state index contributed by atoms with van der Waals surface area (Å²) in [5.74, 6) is -0.468. The van der Waals surface area contributed by atoms with Crippen LogP contribution in [0.5, 0.6) is 5.75 Å². The number of benzene rings is 1. The standard InChI is InChI=1S/C15H21ClN2O5S/c1-17(10-15(19)20)11-5-7-18(8-6-11)24(21,22)12-3-4-14(23-2)13(16)9-12/h3-4,9,11H,5-8,10H2,1-2H3,(H,19,20). The summed E-state index contributed by atoms with van der Waals surface area (Å²) in [6.45, 7) is 0.646. The van der Waals surface area contributed by atoms with Gasteiger partial charge in [-0.15, -0.1) is 0 Å². The van der Waals surface area contributed by atoms with Crippen molar-refractivity contribution in [3.05, 3.63) is 23.2 Å². The molecule has 0 unspecified atom stereocenters. The van der Waals surface area contributed by atoms with E-state index in [1.807, 2.05) is 0 Å². The number of carboxylic acid groups (broad SMARTS) is 1. The molecule has 1 aromatic rings. The molecule has 1 fully saturated rings. The Kier molecular flexibility index (Phi) is 6.08. The maximum Gasteiger partial charge on any atom is 0.317 e. The quantitative estimate of drug-likeness (QED) is 0.809. The van der Waals surface area contributed by atoms with Crippen molar-refractivity contribution in [2.45, 2.75) is 23.8 Å². The monoisotopic (exact) mass is 376 g/mol. The van der Waals surface area contributed by atoms with Crippen molar-refractivity contribution in [2.75, 3.05) is 33.8 Å². The first-order valence-corrected chi connectivity index (χ1v) is 9.33. The average Bonchev–Trinajstić information content (AvgIpc) is 2.54. The highest BCUT2D eigenvalue weighted by atomic mass is 35.5.